The van der Waals surface area contributed by atoms with Gasteiger partial charge in [0.1, 0.15) is 0 Å². The van der Waals surface area contributed by atoms with Gasteiger partial charge in [0.2, 0.25) is 0 Å². The summed E-state index contributed by atoms with van der Waals surface area (Å²) in [6.45, 7) is 1.67. The summed E-state index contributed by atoms with van der Waals surface area (Å²) in [6.07, 6.45) is 2.46. The van der Waals surface area contributed by atoms with Crippen LogP contribution in [0.15, 0.2) is 24.3 Å². The Morgan fingerprint density at radius 2 is 2.00 bits per heavy atom. The van der Waals surface area contributed by atoms with E-state index in [4.69, 9.17) is 0 Å². The second-order valence-electron chi connectivity index (χ2n) is 4.67. The summed E-state index contributed by atoms with van der Waals surface area (Å²) in [4.78, 5) is 11.8. The SMILES string of the molecule is CC(=O)c1c(C2CC2)c2ccccc2n1C. The predicted octanol–water partition coefficient (Wildman–Crippen LogP) is 3.26. The Balaban J connectivity index is 2.41. The first-order chi connectivity index (χ1) is 7.70. The second kappa shape index (κ2) is 3.21. The number of nitrogens with zero attached hydrogens (tertiary/aromatic N) is 1. The van der Waals surface area contributed by atoms with Crippen molar-refractivity contribution in [3.63, 3.8) is 0 Å². The molecule has 0 atom stereocenters. The van der Waals surface area contributed by atoms with Crippen molar-refractivity contribution < 1.29 is 4.79 Å². The average molecular weight is 213 g/mol. The van der Waals surface area contributed by atoms with E-state index in [0.717, 1.165) is 5.69 Å². The van der Waals surface area contributed by atoms with Crippen molar-refractivity contribution >= 4 is 16.7 Å². The van der Waals surface area contributed by atoms with Crippen LogP contribution in [0, 0.1) is 0 Å². The molecule has 3 rings (SSSR count). The number of carbonyl (C=O) groups is 1. The maximum atomic E-state index is 11.8. The molecule has 2 nitrogen and oxygen atoms in total. The molecule has 0 radical (unpaired) electrons. The Labute approximate surface area is 94.9 Å². The number of aryl methyl sites for hydroxylation is 1. The van der Waals surface area contributed by atoms with Gasteiger partial charge in [-0.05, 0) is 30.4 Å². The number of para-hydroxylation sites is 1. The van der Waals surface area contributed by atoms with Crippen molar-refractivity contribution in [3.05, 3.63) is 35.5 Å². The lowest BCUT2D eigenvalue weighted by molar-refractivity contribution is 0.100. The molecular formula is C14H15NO. The molecule has 1 aliphatic carbocycles. The Bertz CT molecular complexity index is 576. The maximum absolute atomic E-state index is 11.8. The topological polar surface area (TPSA) is 22.0 Å². The molecule has 82 valence electrons. The molecule has 1 saturated carbocycles. The van der Waals surface area contributed by atoms with Crippen molar-refractivity contribution in [3.8, 4) is 0 Å². The van der Waals surface area contributed by atoms with Crippen molar-refractivity contribution in [2.24, 2.45) is 7.05 Å². The number of fused-ring (bicyclic) bond motifs is 1. The number of carbonyl (C=O) groups excluding carboxylic acids is 1. The third kappa shape index (κ3) is 1.22. The highest BCUT2D eigenvalue weighted by Crippen LogP contribution is 2.45. The van der Waals surface area contributed by atoms with Gasteiger partial charge in [0.25, 0.3) is 0 Å². The van der Waals surface area contributed by atoms with Crippen molar-refractivity contribution in [2.45, 2.75) is 25.7 Å². The largest absolute Gasteiger partial charge is 0.341 e. The van der Waals surface area contributed by atoms with E-state index in [1.807, 2.05) is 17.7 Å². The molecule has 0 bridgehead atoms. The number of Topliss-reactive ketones (excluding diaryl/α,β-unsaturated/α-hetero) is 1. The quantitative estimate of drug-likeness (QED) is 0.702. The number of ketones is 1. The highest BCUT2D eigenvalue weighted by molar-refractivity contribution is 6.02. The zero-order valence-electron chi connectivity index (χ0n) is 9.66. The van der Waals surface area contributed by atoms with E-state index in [9.17, 15) is 4.79 Å². The smallest absolute Gasteiger partial charge is 0.176 e. The Hall–Kier alpha value is -1.57. The standard InChI is InChI=1S/C14H15NO/c1-9(16)14-13(10-7-8-10)11-5-3-4-6-12(11)15(14)2/h3-6,10H,7-8H2,1-2H3. The minimum atomic E-state index is 0.181. The summed E-state index contributed by atoms with van der Waals surface area (Å²) in [5, 5.41) is 1.26. The van der Waals surface area contributed by atoms with Gasteiger partial charge >= 0.3 is 0 Å². The lowest BCUT2D eigenvalue weighted by Crippen LogP contribution is -2.04. The number of hydrogen-bond donors (Lipinski definition) is 0. The van der Waals surface area contributed by atoms with Gasteiger partial charge in [-0.1, -0.05) is 18.2 Å². The molecule has 1 aromatic heterocycles. The molecule has 0 unspecified atom stereocenters. The van der Waals surface area contributed by atoms with Crippen LogP contribution < -0.4 is 0 Å². The lowest BCUT2D eigenvalue weighted by Gasteiger charge is -2.02. The van der Waals surface area contributed by atoms with Crippen molar-refractivity contribution in [1.82, 2.24) is 4.57 Å². The molecule has 1 fully saturated rings. The van der Waals surface area contributed by atoms with Crippen LogP contribution in [-0.2, 0) is 7.05 Å². The van der Waals surface area contributed by atoms with Gasteiger partial charge < -0.3 is 4.57 Å². The predicted molar refractivity (Wildman–Crippen MR) is 64.9 cm³/mol. The van der Waals surface area contributed by atoms with E-state index in [0.29, 0.717) is 5.92 Å². The van der Waals surface area contributed by atoms with Gasteiger partial charge in [0.05, 0.1) is 5.69 Å². The number of rotatable bonds is 2. The minimum Gasteiger partial charge on any atom is -0.341 e. The molecule has 0 saturated heterocycles. The normalized spacial score (nSPS) is 15.6. The Kier molecular flexibility index (Phi) is 1.93. The molecule has 1 heterocycles. The van der Waals surface area contributed by atoms with E-state index in [2.05, 4.69) is 18.2 Å². The molecule has 0 spiro atoms. The summed E-state index contributed by atoms with van der Waals surface area (Å²) < 4.78 is 2.05. The van der Waals surface area contributed by atoms with Crippen LogP contribution in [0.2, 0.25) is 0 Å². The van der Waals surface area contributed by atoms with Gasteiger partial charge in [-0.15, -0.1) is 0 Å². The molecule has 0 amide bonds. The molecule has 0 N–H and O–H groups in total. The molecule has 1 aliphatic rings. The summed E-state index contributed by atoms with van der Waals surface area (Å²) in [5.74, 6) is 0.797. The van der Waals surface area contributed by atoms with Crippen LogP contribution in [0.1, 0.15) is 41.7 Å². The molecular weight excluding hydrogens is 198 g/mol. The number of benzene rings is 1. The zero-order chi connectivity index (χ0) is 11.3. The van der Waals surface area contributed by atoms with Gasteiger partial charge in [0, 0.05) is 24.9 Å². The van der Waals surface area contributed by atoms with E-state index in [-0.39, 0.29) is 5.78 Å². The number of aromatic nitrogens is 1. The molecule has 16 heavy (non-hydrogen) atoms. The fourth-order valence-electron chi connectivity index (χ4n) is 2.63. The summed E-state index contributed by atoms with van der Waals surface area (Å²) in [7, 11) is 1.99. The van der Waals surface area contributed by atoms with Gasteiger partial charge in [-0.2, -0.15) is 0 Å². The van der Waals surface area contributed by atoms with E-state index in [1.54, 1.807) is 6.92 Å². The summed E-state index contributed by atoms with van der Waals surface area (Å²) in [6, 6.07) is 8.31. The van der Waals surface area contributed by atoms with E-state index < -0.39 is 0 Å². The van der Waals surface area contributed by atoms with E-state index >= 15 is 0 Å². The fourth-order valence-corrected chi connectivity index (χ4v) is 2.63. The highest BCUT2D eigenvalue weighted by Gasteiger charge is 2.31. The summed E-state index contributed by atoms with van der Waals surface area (Å²) in [5.41, 5.74) is 3.36. The van der Waals surface area contributed by atoms with Crippen LogP contribution in [0.4, 0.5) is 0 Å². The van der Waals surface area contributed by atoms with Gasteiger partial charge in [0.15, 0.2) is 5.78 Å². The fraction of sp³-hybridized carbons (Fsp3) is 0.357. The van der Waals surface area contributed by atoms with Gasteiger partial charge in [-0.3, -0.25) is 4.79 Å². The van der Waals surface area contributed by atoms with Gasteiger partial charge in [-0.25, -0.2) is 0 Å². The van der Waals surface area contributed by atoms with Crippen LogP contribution >= 0.6 is 0 Å². The minimum absolute atomic E-state index is 0.181. The molecule has 0 aliphatic heterocycles. The van der Waals surface area contributed by atoms with Crippen molar-refractivity contribution in [1.29, 1.82) is 0 Å². The van der Waals surface area contributed by atoms with Crippen LogP contribution in [-0.4, -0.2) is 10.4 Å². The third-order valence-corrected chi connectivity index (χ3v) is 3.47. The Morgan fingerprint density at radius 3 is 2.62 bits per heavy atom. The zero-order valence-corrected chi connectivity index (χ0v) is 9.66. The first kappa shape index (κ1) is 9.64. The molecule has 1 aromatic carbocycles. The first-order valence-electron chi connectivity index (χ1n) is 5.78. The third-order valence-electron chi connectivity index (χ3n) is 3.47. The van der Waals surface area contributed by atoms with E-state index in [1.165, 1.54) is 29.3 Å². The maximum Gasteiger partial charge on any atom is 0.176 e. The number of hydrogen-bond acceptors (Lipinski definition) is 1. The highest BCUT2D eigenvalue weighted by atomic mass is 16.1. The average Bonchev–Trinajstić information content (AvgIpc) is 3.05. The van der Waals surface area contributed by atoms with Crippen LogP contribution in [0.5, 0.6) is 0 Å². The Morgan fingerprint density at radius 1 is 1.31 bits per heavy atom. The van der Waals surface area contributed by atoms with Crippen LogP contribution in [0.25, 0.3) is 10.9 Å². The molecule has 2 heteroatoms. The lowest BCUT2D eigenvalue weighted by atomic mass is 10.0. The molecule has 2 aromatic rings. The summed E-state index contributed by atoms with van der Waals surface area (Å²) >= 11 is 0. The first-order valence-corrected chi connectivity index (χ1v) is 5.78. The second-order valence-corrected chi connectivity index (χ2v) is 4.67. The monoisotopic (exact) mass is 213 g/mol. The van der Waals surface area contributed by atoms with Crippen molar-refractivity contribution in [2.75, 3.05) is 0 Å². The van der Waals surface area contributed by atoms with Crippen LogP contribution in [0.3, 0.4) is 0 Å².